The topological polar surface area (TPSA) is 15.8 Å². The molecule has 2 aliphatic carbocycles. The molecule has 0 radical (unpaired) electrons. The fourth-order valence-corrected chi connectivity index (χ4v) is 7.72. The average Bonchev–Trinajstić information content (AvgIpc) is 3.72. The minimum atomic E-state index is 1.17. The normalized spacial score (nSPS) is 13.9. The van der Waals surface area contributed by atoms with Gasteiger partial charge in [-0.05, 0) is 95.4 Å². The van der Waals surface area contributed by atoms with E-state index in [2.05, 4.69) is 151 Å². The standard InChI is InChI=1S/C42H25N/c1-2-12-27(13-3-1)38-39-29-14-6-4-10-25(29)19-22-33(39)41-37(32-21-18-26-11-5-7-15-30(26)40(32)42(38)41)28-20-23-36-34(24-28)31-16-8-9-17-35(31)43-36/h1-24,43H. The molecule has 0 aliphatic heterocycles. The third kappa shape index (κ3) is 3.06. The number of allylic oxidation sites excluding steroid dienone is 2. The first-order valence-corrected chi connectivity index (χ1v) is 15.0. The van der Waals surface area contributed by atoms with Crippen LogP contribution in [-0.4, -0.2) is 4.98 Å². The quantitative estimate of drug-likeness (QED) is 0.223. The molecule has 0 saturated heterocycles. The van der Waals surface area contributed by atoms with Crippen molar-refractivity contribution in [2.75, 3.05) is 0 Å². The van der Waals surface area contributed by atoms with Gasteiger partial charge in [-0.15, -0.1) is 0 Å². The first-order valence-electron chi connectivity index (χ1n) is 15.0. The molecule has 1 heteroatoms. The Bertz CT molecular complexity index is 2540. The van der Waals surface area contributed by atoms with Gasteiger partial charge >= 0.3 is 0 Å². The Morgan fingerprint density at radius 3 is 1.65 bits per heavy atom. The largest absolute Gasteiger partial charge is 0.355 e. The highest BCUT2D eigenvalue weighted by Crippen LogP contribution is 2.61. The summed E-state index contributed by atoms with van der Waals surface area (Å²) >= 11 is 0. The maximum Gasteiger partial charge on any atom is 0.0465 e. The third-order valence-electron chi connectivity index (χ3n) is 9.50. The van der Waals surface area contributed by atoms with Crippen LogP contribution in [0.3, 0.4) is 0 Å². The summed E-state index contributed by atoms with van der Waals surface area (Å²) in [5, 5.41) is 7.69. The van der Waals surface area contributed by atoms with Crippen molar-refractivity contribution in [3.63, 3.8) is 0 Å². The summed E-state index contributed by atoms with van der Waals surface area (Å²) in [5.41, 5.74) is 15.6. The van der Waals surface area contributed by atoms with Gasteiger partial charge in [0.05, 0.1) is 0 Å². The molecule has 0 amide bonds. The zero-order valence-electron chi connectivity index (χ0n) is 23.4. The van der Waals surface area contributed by atoms with Gasteiger partial charge in [-0.1, -0.05) is 127 Å². The number of nitrogens with one attached hydrogen (secondary N) is 1. The number of rotatable bonds is 2. The Morgan fingerprint density at radius 1 is 0.326 bits per heavy atom. The summed E-state index contributed by atoms with van der Waals surface area (Å²) in [5.74, 6) is 0. The summed E-state index contributed by atoms with van der Waals surface area (Å²) in [6.45, 7) is 0. The monoisotopic (exact) mass is 543 g/mol. The molecule has 198 valence electrons. The number of H-pyrrole nitrogens is 1. The summed E-state index contributed by atoms with van der Waals surface area (Å²) < 4.78 is 0. The number of hydrogen-bond donors (Lipinski definition) is 1. The summed E-state index contributed by atoms with van der Waals surface area (Å²) in [7, 11) is 0. The molecule has 7 aromatic carbocycles. The van der Waals surface area contributed by atoms with Crippen LogP contribution < -0.4 is 0 Å². The van der Waals surface area contributed by atoms with E-state index in [1.165, 1.54) is 99.0 Å². The van der Waals surface area contributed by atoms with E-state index < -0.39 is 0 Å². The number of fused-ring (bicyclic) bond motifs is 12. The first kappa shape index (κ1) is 23.0. The van der Waals surface area contributed by atoms with Crippen LogP contribution in [0.25, 0.3) is 65.6 Å². The van der Waals surface area contributed by atoms with E-state index in [1.54, 1.807) is 0 Å². The fourth-order valence-electron chi connectivity index (χ4n) is 7.72. The lowest BCUT2D eigenvalue weighted by Gasteiger charge is -2.15. The van der Waals surface area contributed by atoms with Gasteiger partial charge in [0, 0.05) is 21.8 Å². The van der Waals surface area contributed by atoms with Gasteiger partial charge < -0.3 is 4.98 Å². The zero-order chi connectivity index (χ0) is 28.1. The third-order valence-corrected chi connectivity index (χ3v) is 9.50. The molecule has 43 heavy (non-hydrogen) atoms. The molecular weight excluding hydrogens is 518 g/mol. The zero-order valence-corrected chi connectivity index (χ0v) is 23.4. The van der Waals surface area contributed by atoms with Crippen molar-refractivity contribution in [3.05, 3.63) is 179 Å². The van der Waals surface area contributed by atoms with Gasteiger partial charge in [-0.25, -0.2) is 0 Å². The molecule has 10 rings (SSSR count). The number of benzene rings is 7. The second kappa shape index (κ2) is 8.44. The highest BCUT2D eigenvalue weighted by atomic mass is 14.7. The van der Waals surface area contributed by atoms with Crippen LogP contribution in [0, 0.1) is 0 Å². The summed E-state index contributed by atoms with van der Waals surface area (Å²) in [6.07, 6.45) is 0. The highest BCUT2D eigenvalue weighted by Gasteiger charge is 2.39. The average molecular weight is 544 g/mol. The Morgan fingerprint density at radius 2 is 0.907 bits per heavy atom. The van der Waals surface area contributed by atoms with Crippen LogP contribution in [0.4, 0.5) is 0 Å². The van der Waals surface area contributed by atoms with E-state index in [4.69, 9.17) is 0 Å². The number of hydrogen-bond acceptors (Lipinski definition) is 0. The van der Waals surface area contributed by atoms with Gasteiger partial charge in [-0.2, -0.15) is 0 Å². The van der Waals surface area contributed by atoms with Crippen LogP contribution in [0.2, 0.25) is 0 Å². The minimum absolute atomic E-state index is 1.17. The summed E-state index contributed by atoms with van der Waals surface area (Å²) in [4.78, 5) is 3.62. The molecule has 0 fully saturated rings. The van der Waals surface area contributed by atoms with Crippen molar-refractivity contribution >= 4 is 65.6 Å². The van der Waals surface area contributed by atoms with Gasteiger partial charge in [0.15, 0.2) is 0 Å². The lowest BCUT2D eigenvalue weighted by Crippen LogP contribution is -1.94. The molecule has 0 saturated carbocycles. The first-order chi connectivity index (χ1) is 21.3. The summed E-state index contributed by atoms with van der Waals surface area (Å²) in [6, 6.07) is 53.6. The maximum absolute atomic E-state index is 3.62. The molecule has 8 aromatic rings. The van der Waals surface area contributed by atoms with Crippen LogP contribution in [0.15, 0.2) is 146 Å². The Hall–Kier alpha value is -5.66. The fraction of sp³-hybridized carbons (Fsp3) is 0. The van der Waals surface area contributed by atoms with Crippen molar-refractivity contribution in [1.82, 2.24) is 4.98 Å². The van der Waals surface area contributed by atoms with Crippen LogP contribution in [0.1, 0.15) is 33.4 Å². The minimum Gasteiger partial charge on any atom is -0.355 e. The predicted octanol–water partition coefficient (Wildman–Crippen LogP) is 10.9. The molecule has 1 aromatic heterocycles. The van der Waals surface area contributed by atoms with Crippen LogP contribution in [-0.2, 0) is 0 Å². The van der Waals surface area contributed by atoms with E-state index >= 15 is 0 Å². The predicted molar refractivity (Wildman–Crippen MR) is 182 cm³/mol. The SMILES string of the molecule is c1ccc(C2=C3C(=C(c4ccc5[nH]c6ccccc6c5c4)c4ccc5ccccc5c43)c3ccc4ccccc4c32)cc1. The maximum atomic E-state index is 3.62. The molecule has 2 aliphatic rings. The van der Waals surface area contributed by atoms with Crippen LogP contribution in [0.5, 0.6) is 0 Å². The molecule has 1 N–H and O–H groups in total. The molecular formula is C42H25N. The molecule has 0 atom stereocenters. The molecule has 1 heterocycles. The Labute approximate surface area is 249 Å². The second-order valence-corrected chi connectivity index (χ2v) is 11.7. The van der Waals surface area contributed by atoms with E-state index in [1.807, 2.05) is 0 Å². The number of aromatic amines is 1. The van der Waals surface area contributed by atoms with E-state index in [0.29, 0.717) is 0 Å². The smallest absolute Gasteiger partial charge is 0.0465 e. The molecule has 0 spiro atoms. The van der Waals surface area contributed by atoms with Crippen LogP contribution >= 0.6 is 0 Å². The lowest BCUT2D eigenvalue weighted by atomic mass is 9.88. The Kier molecular flexibility index (Phi) is 4.51. The molecule has 0 unspecified atom stereocenters. The molecule has 1 nitrogen and oxygen atoms in total. The number of para-hydroxylation sites is 1. The van der Waals surface area contributed by atoms with Crippen molar-refractivity contribution in [3.8, 4) is 0 Å². The van der Waals surface area contributed by atoms with E-state index in [0.717, 1.165) is 0 Å². The molecule has 0 bridgehead atoms. The van der Waals surface area contributed by atoms with Gasteiger partial charge in [0.25, 0.3) is 0 Å². The van der Waals surface area contributed by atoms with E-state index in [9.17, 15) is 0 Å². The van der Waals surface area contributed by atoms with Crippen molar-refractivity contribution in [2.24, 2.45) is 0 Å². The number of aromatic nitrogens is 1. The van der Waals surface area contributed by atoms with Crippen molar-refractivity contribution in [1.29, 1.82) is 0 Å². The Balaban J connectivity index is 1.41. The van der Waals surface area contributed by atoms with Gasteiger partial charge in [0.2, 0.25) is 0 Å². The highest BCUT2D eigenvalue weighted by molar-refractivity contribution is 6.39. The van der Waals surface area contributed by atoms with E-state index in [-0.39, 0.29) is 0 Å². The van der Waals surface area contributed by atoms with Crippen molar-refractivity contribution in [2.45, 2.75) is 0 Å². The lowest BCUT2D eigenvalue weighted by molar-refractivity contribution is 1.53. The van der Waals surface area contributed by atoms with Gasteiger partial charge in [0.1, 0.15) is 0 Å². The van der Waals surface area contributed by atoms with Crippen molar-refractivity contribution < 1.29 is 0 Å². The van der Waals surface area contributed by atoms with Gasteiger partial charge in [-0.3, -0.25) is 0 Å². The second-order valence-electron chi connectivity index (χ2n) is 11.7.